The van der Waals surface area contributed by atoms with Crippen LogP contribution in [0.25, 0.3) is 22.7 Å². The number of amides is 1. The second kappa shape index (κ2) is 7.16. The fourth-order valence-corrected chi connectivity index (χ4v) is 3.97. The largest absolute Gasteiger partial charge is 0.348 e. The van der Waals surface area contributed by atoms with Crippen molar-refractivity contribution in [3.8, 4) is 17.2 Å². The summed E-state index contributed by atoms with van der Waals surface area (Å²) in [5, 5.41) is 7.62. The molecule has 1 saturated carbocycles. The van der Waals surface area contributed by atoms with Crippen molar-refractivity contribution < 1.29 is 4.79 Å². The van der Waals surface area contributed by atoms with Gasteiger partial charge in [-0.1, -0.05) is 30.5 Å². The SMILES string of the molecule is Cc1ccc(-n2nccc2-c2nc(C(=O)NC3CCCC3)c3cnccn23)cc1. The van der Waals surface area contributed by atoms with Crippen molar-refractivity contribution >= 4 is 11.4 Å². The maximum absolute atomic E-state index is 13.0. The second-order valence-corrected chi connectivity index (χ2v) is 7.53. The number of imidazole rings is 1. The maximum Gasteiger partial charge on any atom is 0.272 e. The van der Waals surface area contributed by atoms with Crippen LogP contribution in [-0.4, -0.2) is 36.1 Å². The van der Waals surface area contributed by atoms with Crippen molar-refractivity contribution in [2.75, 3.05) is 0 Å². The van der Waals surface area contributed by atoms with Gasteiger partial charge in [0, 0.05) is 18.4 Å². The van der Waals surface area contributed by atoms with E-state index >= 15 is 0 Å². The fraction of sp³-hybridized carbons (Fsp3) is 0.273. The van der Waals surface area contributed by atoms with Gasteiger partial charge >= 0.3 is 0 Å². The molecule has 1 aliphatic rings. The smallest absolute Gasteiger partial charge is 0.272 e. The summed E-state index contributed by atoms with van der Waals surface area (Å²) in [6.07, 6.45) is 11.3. The van der Waals surface area contributed by atoms with Gasteiger partial charge in [0.25, 0.3) is 5.91 Å². The van der Waals surface area contributed by atoms with Crippen LogP contribution in [0.1, 0.15) is 41.7 Å². The summed E-state index contributed by atoms with van der Waals surface area (Å²) in [5.74, 6) is 0.520. The van der Waals surface area contributed by atoms with Crippen LogP contribution in [0.15, 0.2) is 55.1 Å². The molecular weight excluding hydrogens is 364 g/mol. The maximum atomic E-state index is 13.0. The minimum atomic E-state index is -0.143. The highest BCUT2D eigenvalue weighted by Gasteiger charge is 2.24. The number of nitrogens with zero attached hydrogens (tertiary/aromatic N) is 5. The van der Waals surface area contributed by atoms with Gasteiger partial charge in [0.2, 0.25) is 0 Å². The van der Waals surface area contributed by atoms with E-state index in [0.29, 0.717) is 17.0 Å². The number of hydrogen-bond donors (Lipinski definition) is 1. The Morgan fingerprint density at radius 2 is 1.90 bits per heavy atom. The number of rotatable bonds is 4. The quantitative estimate of drug-likeness (QED) is 0.582. The Hall–Kier alpha value is -3.48. The van der Waals surface area contributed by atoms with E-state index in [2.05, 4.69) is 34.5 Å². The predicted molar refractivity (Wildman–Crippen MR) is 110 cm³/mol. The van der Waals surface area contributed by atoms with Gasteiger partial charge in [-0.25, -0.2) is 9.67 Å². The molecule has 3 aromatic heterocycles. The zero-order valence-electron chi connectivity index (χ0n) is 16.2. The molecule has 4 aromatic rings. The van der Waals surface area contributed by atoms with Gasteiger partial charge < -0.3 is 5.32 Å². The van der Waals surface area contributed by atoms with E-state index in [1.54, 1.807) is 18.6 Å². The summed E-state index contributed by atoms with van der Waals surface area (Å²) < 4.78 is 3.74. The second-order valence-electron chi connectivity index (χ2n) is 7.53. The molecule has 1 aliphatic carbocycles. The molecule has 1 N–H and O–H groups in total. The lowest BCUT2D eigenvalue weighted by Crippen LogP contribution is -2.32. The number of nitrogens with one attached hydrogen (secondary N) is 1. The Balaban J connectivity index is 1.59. The molecule has 0 unspecified atom stereocenters. The van der Waals surface area contributed by atoms with Crippen molar-refractivity contribution in [1.82, 2.24) is 29.5 Å². The summed E-state index contributed by atoms with van der Waals surface area (Å²) in [4.78, 5) is 21.9. The van der Waals surface area contributed by atoms with Crippen molar-refractivity contribution in [2.45, 2.75) is 38.6 Å². The van der Waals surface area contributed by atoms with Gasteiger partial charge in [-0.05, 0) is 38.0 Å². The number of aromatic nitrogens is 5. The Labute approximate surface area is 168 Å². The first-order chi connectivity index (χ1) is 14.2. The Bertz CT molecular complexity index is 1170. The third-order valence-electron chi connectivity index (χ3n) is 5.50. The van der Waals surface area contributed by atoms with Gasteiger partial charge in [-0.15, -0.1) is 0 Å². The van der Waals surface area contributed by atoms with Crippen LogP contribution < -0.4 is 5.32 Å². The summed E-state index contributed by atoms with van der Waals surface area (Å²) in [6.45, 7) is 2.05. The van der Waals surface area contributed by atoms with Gasteiger partial charge in [-0.3, -0.25) is 14.2 Å². The first-order valence-corrected chi connectivity index (χ1v) is 9.95. The average Bonchev–Trinajstić information content (AvgIpc) is 3.48. The molecule has 0 aliphatic heterocycles. The predicted octanol–water partition coefficient (Wildman–Crippen LogP) is 3.56. The summed E-state index contributed by atoms with van der Waals surface area (Å²) in [6, 6.07) is 10.3. The molecule has 5 rings (SSSR count). The summed E-state index contributed by atoms with van der Waals surface area (Å²) in [7, 11) is 0. The van der Waals surface area contributed by atoms with Gasteiger partial charge in [0.05, 0.1) is 23.6 Å². The molecule has 0 spiro atoms. The van der Waals surface area contributed by atoms with E-state index < -0.39 is 0 Å². The molecule has 1 aromatic carbocycles. The van der Waals surface area contributed by atoms with Crippen molar-refractivity contribution in [3.63, 3.8) is 0 Å². The van der Waals surface area contributed by atoms with Crippen LogP contribution in [0, 0.1) is 6.92 Å². The number of aryl methyl sites for hydroxylation is 1. The molecule has 146 valence electrons. The van der Waals surface area contributed by atoms with Gasteiger partial charge in [0.15, 0.2) is 11.5 Å². The first-order valence-electron chi connectivity index (χ1n) is 9.95. The third-order valence-corrected chi connectivity index (χ3v) is 5.50. The Kier molecular flexibility index (Phi) is 4.35. The van der Waals surface area contributed by atoms with Gasteiger partial charge in [-0.2, -0.15) is 5.10 Å². The Morgan fingerprint density at radius 1 is 1.10 bits per heavy atom. The summed E-state index contributed by atoms with van der Waals surface area (Å²) >= 11 is 0. The normalized spacial score (nSPS) is 14.5. The third kappa shape index (κ3) is 3.18. The van der Waals surface area contributed by atoms with E-state index in [-0.39, 0.29) is 11.9 Å². The molecule has 0 atom stereocenters. The standard InChI is InChI=1S/C22H22N6O/c1-15-6-8-17(9-7-15)28-18(10-11-24-28)21-26-20(19-14-23-12-13-27(19)21)22(29)25-16-4-2-3-5-16/h6-14,16H,2-5H2,1H3,(H,25,29). The topological polar surface area (TPSA) is 77.1 Å². The van der Waals surface area contributed by atoms with Crippen LogP contribution in [0.3, 0.4) is 0 Å². The zero-order valence-corrected chi connectivity index (χ0v) is 16.2. The monoisotopic (exact) mass is 386 g/mol. The zero-order chi connectivity index (χ0) is 19.8. The number of carbonyl (C=O) groups is 1. The number of carbonyl (C=O) groups excluding carboxylic acids is 1. The van der Waals surface area contributed by atoms with Gasteiger partial charge in [0.1, 0.15) is 5.69 Å². The van der Waals surface area contributed by atoms with Crippen LogP contribution in [0.4, 0.5) is 0 Å². The van der Waals surface area contributed by atoms with Crippen molar-refractivity contribution in [2.24, 2.45) is 0 Å². The number of hydrogen-bond acceptors (Lipinski definition) is 4. The molecule has 29 heavy (non-hydrogen) atoms. The Morgan fingerprint density at radius 3 is 2.69 bits per heavy atom. The van der Waals surface area contributed by atoms with Crippen molar-refractivity contribution in [3.05, 3.63) is 66.4 Å². The molecule has 3 heterocycles. The minimum Gasteiger partial charge on any atom is -0.348 e. The molecule has 1 fully saturated rings. The highest BCUT2D eigenvalue weighted by molar-refractivity contribution is 6.00. The fourth-order valence-electron chi connectivity index (χ4n) is 3.97. The minimum absolute atomic E-state index is 0.143. The van der Waals surface area contributed by atoms with E-state index in [1.807, 2.05) is 33.5 Å². The first kappa shape index (κ1) is 17.6. The van der Waals surface area contributed by atoms with Crippen LogP contribution >= 0.6 is 0 Å². The highest BCUT2D eigenvalue weighted by atomic mass is 16.2. The van der Waals surface area contributed by atoms with E-state index in [0.717, 1.165) is 37.1 Å². The number of benzene rings is 1. The molecule has 1 amide bonds. The van der Waals surface area contributed by atoms with Crippen molar-refractivity contribution in [1.29, 1.82) is 0 Å². The van der Waals surface area contributed by atoms with E-state index in [4.69, 9.17) is 4.98 Å². The average molecular weight is 386 g/mol. The molecule has 0 radical (unpaired) electrons. The molecule has 0 bridgehead atoms. The number of fused-ring (bicyclic) bond motifs is 1. The lowest BCUT2D eigenvalue weighted by Gasteiger charge is -2.10. The van der Waals surface area contributed by atoms with Crippen LogP contribution in [0.2, 0.25) is 0 Å². The van der Waals surface area contributed by atoms with E-state index in [1.165, 1.54) is 5.56 Å². The lowest BCUT2D eigenvalue weighted by molar-refractivity contribution is 0.0935. The molecule has 7 nitrogen and oxygen atoms in total. The lowest BCUT2D eigenvalue weighted by atomic mass is 10.2. The molecular formula is C22H22N6O. The van der Waals surface area contributed by atoms with Crippen LogP contribution in [-0.2, 0) is 0 Å². The summed E-state index contributed by atoms with van der Waals surface area (Å²) in [5.41, 5.74) is 4.03. The molecule has 0 saturated heterocycles. The molecule has 7 heteroatoms. The highest BCUT2D eigenvalue weighted by Crippen LogP contribution is 2.25. The van der Waals surface area contributed by atoms with Crippen LogP contribution in [0.5, 0.6) is 0 Å². The van der Waals surface area contributed by atoms with E-state index in [9.17, 15) is 4.79 Å².